The first-order valence-electron chi connectivity index (χ1n) is 12.0. The van der Waals surface area contributed by atoms with Gasteiger partial charge in [-0.15, -0.1) is 0 Å². The van der Waals surface area contributed by atoms with E-state index in [2.05, 4.69) is 26.8 Å². The Morgan fingerprint density at radius 1 is 1.16 bits per heavy atom. The summed E-state index contributed by atoms with van der Waals surface area (Å²) in [7, 11) is 0. The number of ether oxygens (including phenoxy) is 2. The molecule has 0 aliphatic carbocycles. The average Bonchev–Trinajstić information content (AvgIpc) is 3.23. The molecule has 0 spiro atoms. The zero-order valence-electron chi connectivity index (χ0n) is 20.4. The molecule has 1 aliphatic rings. The Morgan fingerprint density at radius 2 is 1.95 bits per heavy atom. The average molecular weight is 587 g/mol. The summed E-state index contributed by atoms with van der Waals surface area (Å²) >= 11 is 9.68. The van der Waals surface area contributed by atoms with Gasteiger partial charge in [0.05, 0.1) is 6.61 Å². The second kappa shape index (κ2) is 12.6. The van der Waals surface area contributed by atoms with Crippen LogP contribution in [0.5, 0.6) is 5.75 Å². The van der Waals surface area contributed by atoms with Crippen LogP contribution in [0.25, 0.3) is 0 Å². The second-order valence-corrected chi connectivity index (χ2v) is 10.0. The highest BCUT2D eigenvalue weighted by Crippen LogP contribution is 2.34. The van der Waals surface area contributed by atoms with E-state index in [1.54, 1.807) is 6.07 Å². The van der Waals surface area contributed by atoms with Gasteiger partial charge in [0.15, 0.2) is 5.54 Å². The fourth-order valence-corrected chi connectivity index (χ4v) is 4.69. The smallest absolute Gasteiger partial charge is 0.266 e. The van der Waals surface area contributed by atoms with Gasteiger partial charge in [0.25, 0.3) is 5.91 Å². The third-order valence-electron chi connectivity index (χ3n) is 6.13. The Bertz CT molecular complexity index is 1250. The number of amides is 1. The van der Waals surface area contributed by atoms with Crippen molar-refractivity contribution in [3.05, 3.63) is 99.0 Å². The number of nitrogens with zero attached hydrogens (tertiary/aromatic N) is 1. The first-order valence-corrected chi connectivity index (χ1v) is 13.2. The molecule has 0 unspecified atom stereocenters. The molecule has 9 heteroatoms. The zero-order chi connectivity index (χ0) is 26.3. The minimum atomic E-state index is -1.20. The number of carbonyl (C=O) groups excluding carboxylic acids is 1. The summed E-state index contributed by atoms with van der Waals surface area (Å²) in [5.74, 6) is 0.787. The van der Waals surface area contributed by atoms with Crippen molar-refractivity contribution in [3.63, 3.8) is 0 Å². The number of carbonyl (C=O) groups is 1. The molecule has 2 atom stereocenters. The van der Waals surface area contributed by atoms with Crippen molar-refractivity contribution < 1.29 is 19.4 Å². The molecule has 7 nitrogen and oxygen atoms in total. The van der Waals surface area contributed by atoms with Crippen LogP contribution in [0.4, 0.5) is 0 Å². The molecule has 1 aliphatic heterocycles. The van der Waals surface area contributed by atoms with E-state index in [0.29, 0.717) is 42.7 Å². The first kappa shape index (κ1) is 27.1. The van der Waals surface area contributed by atoms with Gasteiger partial charge in [-0.25, -0.2) is 10.4 Å². The molecule has 3 aromatic rings. The highest BCUT2D eigenvalue weighted by Gasteiger charge is 2.50. The summed E-state index contributed by atoms with van der Waals surface area (Å²) in [6.45, 7) is 2.77. The normalized spacial score (nSPS) is 18.7. The van der Waals surface area contributed by atoms with E-state index in [0.717, 1.165) is 21.2 Å². The number of aliphatic imine (C=N–C) groups is 1. The van der Waals surface area contributed by atoms with E-state index in [4.69, 9.17) is 31.2 Å². The quantitative estimate of drug-likeness (QED) is 0.221. The van der Waals surface area contributed by atoms with E-state index in [1.165, 1.54) is 0 Å². The van der Waals surface area contributed by atoms with Crippen LogP contribution in [-0.4, -0.2) is 41.8 Å². The van der Waals surface area contributed by atoms with Gasteiger partial charge in [0, 0.05) is 41.1 Å². The maximum absolute atomic E-state index is 13.7. The molecular formula is C28H29BrClN3O4. The Hall–Kier alpha value is -2.91. The van der Waals surface area contributed by atoms with Gasteiger partial charge in [0.2, 0.25) is 5.90 Å². The van der Waals surface area contributed by atoms with Crippen LogP contribution >= 0.6 is 27.5 Å². The summed E-state index contributed by atoms with van der Waals surface area (Å²) in [5, 5.41) is 9.57. The molecular weight excluding hydrogens is 558 g/mol. The largest absolute Gasteiger partial charge is 0.494 e. The molecule has 194 valence electrons. The van der Waals surface area contributed by atoms with E-state index >= 15 is 0 Å². The number of rotatable bonds is 11. The number of hydrogen-bond acceptors (Lipinski definition) is 6. The highest BCUT2D eigenvalue weighted by molar-refractivity contribution is 9.10. The van der Waals surface area contributed by atoms with Gasteiger partial charge in [-0.1, -0.05) is 57.9 Å². The summed E-state index contributed by atoms with van der Waals surface area (Å²) < 4.78 is 12.7. The standard InChI is InChI=1S/C28H29BrClN3O4/c1-19-28(17-22-7-2-3-9-25(22)29,27(35)33-31-18-20-6-4-8-23(30)16-20)32-26(37-19)21-10-12-24(13-11-21)36-15-5-14-34/h2-4,6-13,16,19,31,34H,5,14-15,17-18H2,1H3,(H,33,35)/t19-,28-/m0/s1. The van der Waals surface area contributed by atoms with Crippen LogP contribution in [0, 0.1) is 0 Å². The number of hydrogen-bond donors (Lipinski definition) is 3. The van der Waals surface area contributed by atoms with Crippen molar-refractivity contribution in [3.8, 4) is 5.75 Å². The van der Waals surface area contributed by atoms with Gasteiger partial charge < -0.3 is 14.6 Å². The minimum absolute atomic E-state index is 0.0796. The molecule has 37 heavy (non-hydrogen) atoms. The van der Waals surface area contributed by atoms with Gasteiger partial charge >= 0.3 is 0 Å². The third kappa shape index (κ3) is 6.70. The van der Waals surface area contributed by atoms with Crippen LogP contribution < -0.4 is 15.6 Å². The molecule has 1 heterocycles. The third-order valence-corrected chi connectivity index (χ3v) is 7.14. The summed E-state index contributed by atoms with van der Waals surface area (Å²) in [6.07, 6.45) is 0.377. The number of aliphatic hydroxyl groups is 1. The van der Waals surface area contributed by atoms with E-state index in [9.17, 15) is 4.79 Å². The zero-order valence-corrected chi connectivity index (χ0v) is 22.8. The maximum atomic E-state index is 13.7. The van der Waals surface area contributed by atoms with Crippen molar-refractivity contribution in [2.75, 3.05) is 13.2 Å². The maximum Gasteiger partial charge on any atom is 0.266 e. The van der Waals surface area contributed by atoms with E-state index in [-0.39, 0.29) is 12.5 Å². The van der Waals surface area contributed by atoms with Crippen molar-refractivity contribution in [1.82, 2.24) is 10.9 Å². The molecule has 3 N–H and O–H groups in total. The van der Waals surface area contributed by atoms with Crippen LogP contribution in [0.3, 0.4) is 0 Å². The molecule has 0 bridgehead atoms. The van der Waals surface area contributed by atoms with E-state index < -0.39 is 11.6 Å². The molecule has 0 fully saturated rings. The van der Waals surface area contributed by atoms with Crippen LogP contribution in [0.15, 0.2) is 82.3 Å². The number of nitrogens with one attached hydrogen (secondary N) is 2. The van der Waals surface area contributed by atoms with Gasteiger partial charge in [0.1, 0.15) is 11.9 Å². The van der Waals surface area contributed by atoms with Crippen molar-refractivity contribution in [1.29, 1.82) is 0 Å². The number of hydrazine groups is 1. The lowest BCUT2D eigenvalue weighted by Gasteiger charge is -2.28. The van der Waals surface area contributed by atoms with Crippen molar-refractivity contribution >= 4 is 39.3 Å². The molecule has 0 saturated heterocycles. The summed E-state index contributed by atoms with van der Waals surface area (Å²) in [6, 6.07) is 22.6. The van der Waals surface area contributed by atoms with Crippen LogP contribution in [0.1, 0.15) is 30.0 Å². The molecule has 1 amide bonds. The number of halogens is 2. The Morgan fingerprint density at radius 3 is 2.68 bits per heavy atom. The number of benzene rings is 3. The molecule has 0 saturated carbocycles. The topological polar surface area (TPSA) is 92.2 Å². The lowest BCUT2D eigenvalue weighted by atomic mass is 9.86. The van der Waals surface area contributed by atoms with Gasteiger partial charge in [-0.3, -0.25) is 10.2 Å². The number of aliphatic hydroxyl groups excluding tert-OH is 1. The summed E-state index contributed by atoms with van der Waals surface area (Å²) in [4.78, 5) is 18.6. The monoisotopic (exact) mass is 585 g/mol. The van der Waals surface area contributed by atoms with Crippen molar-refractivity contribution in [2.24, 2.45) is 4.99 Å². The van der Waals surface area contributed by atoms with Crippen molar-refractivity contribution in [2.45, 2.75) is 38.0 Å². The van der Waals surface area contributed by atoms with E-state index in [1.807, 2.05) is 73.7 Å². The Labute approximate surface area is 230 Å². The summed E-state index contributed by atoms with van der Waals surface area (Å²) in [5.41, 5.74) is 7.28. The minimum Gasteiger partial charge on any atom is -0.494 e. The second-order valence-electron chi connectivity index (χ2n) is 8.76. The lowest BCUT2D eigenvalue weighted by molar-refractivity contribution is -0.129. The van der Waals surface area contributed by atoms with Crippen LogP contribution in [-0.2, 0) is 22.5 Å². The molecule has 4 rings (SSSR count). The molecule has 3 aromatic carbocycles. The lowest BCUT2D eigenvalue weighted by Crippen LogP contribution is -2.55. The van der Waals surface area contributed by atoms with Crippen LogP contribution in [0.2, 0.25) is 5.02 Å². The Balaban J connectivity index is 1.57. The predicted octanol–water partition coefficient (Wildman–Crippen LogP) is 4.83. The molecule has 0 aromatic heterocycles. The first-order chi connectivity index (χ1) is 17.9. The fraction of sp³-hybridized carbons (Fsp3) is 0.286. The highest BCUT2D eigenvalue weighted by atomic mass is 79.9. The van der Waals surface area contributed by atoms with Gasteiger partial charge in [-0.2, -0.15) is 0 Å². The molecule has 0 radical (unpaired) electrons. The SMILES string of the molecule is C[C@@H]1OC(c2ccc(OCCCO)cc2)=N[C@]1(Cc1ccccc1Br)C(=O)NNCc1cccc(Cl)c1. The Kier molecular flexibility index (Phi) is 9.21. The van der Waals surface area contributed by atoms with Gasteiger partial charge in [-0.05, 0) is 60.5 Å². The predicted molar refractivity (Wildman–Crippen MR) is 148 cm³/mol. The fourth-order valence-electron chi connectivity index (χ4n) is 4.06.